The minimum absolute atomic E-state index is 0.241. The second-order valence-electron chi connectivity index (χ2n) is 7.38. The summed E-state index contributed by atoms with van der Waals surface area (Å²) in [5.41, 5.74) is 3.74. The molecule has 29 heavy (non-hydrogen) atoms. The highest BCUT2D eigenvalue weighted by Crippen LogP contribution is 2.25. The summed E-state index contributed by atoms with van der Waals surface area (Å²) in [6, 6.07) is 9.32. The molecule has 4 rings (SSSR count). The molecule has 0 atom stereocenters. The molecular formula is C21H24N6O2. The van der Waals surface area contributed by atoms with Crippen LogP contribution in [0.5, 0.6) is 0 Å². The van der Waals surface area contributed by atoms with Crippen LogP contribution >= 0.6 is 0 Å². The van der Waals surface area contributed by atoms with Crippen LogP contribution in [0.25, 0.3) is 0 Å². The van der Waals surface area contributed by atoms with Gasteiger partial charge in [-0.2, -0.15) is 4.98 Å². The van der Waals surface area contributed by atoms with E-state index >= 15 is 0 Å². The predicted molar refractivity (Wildman–Crippen MR) is 112 cm³/mol. The van der Waals surface area contributed by atoms with Gasteiger partial charge in [0.2, 0.25) is 5.95 Å². The second-order valence-corrected chi connectivity index (χ2v) is 7.38. The van der Waals surface area contributed by atoms with Gasteiger partial charge in [-0.1, -0.05) is 5.16 Å². The number of aromatic nitrogens is 3. The Morgan fingerprint density at radius 2 is 1.79 bits per heavy atom. The molecule has 0 spiro atoms. The van der Waals surface area contributed by atoms with Gasteiger partial charge in [-0.25, -0.2) is 4.98 Å². The molecule has 0 saturated heterocycles. The molecule has 8 heteroatoms. The summed E-state index contributed by atoms with van der Waals surface area (Å²) in [5.74, 6) is 1.96. The fourth-order valence-corrected chi connectivity index (χ4v) is 3.36. The summed E-state index contributed by atoms with van der Waals surface area (Å²) in [7, 11) is 3.88. The topological polar surface area (TPSA) is 96.2 Å². The first kappa shape index (κ1) is 18.9. The SMILES string of the molecule is Cc1cc(N(C)C)nc(Nc2ccc(NC(=O)c3noc4c3CCCC4)cc2)n1. The summed E-state index contributed by atoms with van der Waals surface area (Å²) < 4.78 is 5.33. The first-order chi connectivity index (χ1) is 14.0. The molecule has 0 unspecified atom stereocenters. The van der Waals surface area contributed by atoms with E-state index in [9.17, 15) is 4.79 Å². The summed E-state index contributed by atoms with van der Waals surface area (Å²) >= 11 is 0. The molecular weight excluding hydrogens is 368 g/mol. The van der Waals surface area contributed by atoms with Gasteiger partial charge in [0, 0.05) is 49.2 Å². The monoisotopic (exact) mass is 392 g/mol. The third-order valence-corrected chi connectivity index (χ3v) is 4.86. The largest absolute Gasteiger partial charge is 0.363 e. The van der Waals surface area contributed by atoms with Crippen molar-refractivity contribution in [2.45, 2.75) is 32.6 Å². The van der Waals surface area contributed by atoms with E-state index in [-0.39, 0.29) is 5.91 Å². The number of hydrogen-bond donors (Lipinski definition) is 2. The maximum absolute atomic E-state index is 12.6. The summed E-state index contributed by atoms with van der Waals surface area (Å²) in [6.45, 7) is 1.93. The quantitative estimate of drug-likeness (QED) is 0.683. The van der Waals surface area contributed by atoms with E-state index in [1.165, 1.54) is 0 Å². The number of nitrogens with zero attached hydrogens (tertiary/aromatic N) is 4. The fourth-order valence-electron chi connectivity index (χ4n) is 3.36. The Hall–Kier alpha value is -3.42. The van der Waals surface area contributed by atoms with Crippen LogP contribution in [-0.2, 0) is 12.8 Å². The van der Waals surface area contributed by atoms with Crippen molar-refractivity contribution in [2.24, 2.45) is 0 Å². The highest BCUT2D eigenvalue weighted by atomic mass is 16.5. The van der Waals surface area contributed by atoms with E-state index in [0.717, 1.165) is 54.2 Å². The molecule has 1 aromatic carbocycles. The number of aryl methyl sites for hydroxylation is 2. The van der Waals surface area contributed by atoms with Crippen molar-refractivity contribution < 1.29 is 9.32 Å². The first-order valence-electron chi connectivity index (χ1n) is 9.68. The van der Waals surface area contributed by atoms with E-state index in [1.807, 2.05) is 56.3 Å². The van der Waals surface area contributed by atoms with E-state index in [2.05, 4.69) is 25.8 Å². The Morgan fingerprint density at radius 3 is 2.55 bits per heavy atom. The van der Waals surface area contributed by atoms with Gasteiger partial charge in [-0.3, -0.25) is 4.79 Å². The van der Waals surface area contributed by atoms with Crippen LogP contribution in [0.3, 0.4) is 0 Å². The zero-order chi connectivity index (χ0) is 20.4. The average Bonchev–Trinajstić information content (AvgIpc) is 3.13. The minimum Gasteiger partial charge on any atom is -0.363 e. The van der Waals surface area contributed by atoms with Crippen LogP contribution in [0.1, 0.15) is 40.3 Å². The molecule has 1 amide bonds. The molecule has 8 nitrogen and oxygen atoms in total. The van der Waals surface area contributed by atoms with Crippen molar-refractivity contribution in [3.63, 3.8) is 0 Å². The van der Waals surface area contributed by atoms with Crippen LogP contribution in [0.2, 0.25) is 0 Å². The van der Waals surface area contributed by atoms with Crippen molar-refractivity contribution >= 4 is 29.0 Å². The van der Waals surface area contributed by atoms with Gasteiger partial charge in [-0.15, -0.1) is 0 Å². The van der Waals surface area contributed by atoms with Crippen LogP contribution < -0.4 is 15.5 Å². The lowest BCUT2D eigenvalue weighted by Crippen LogP contribution is -2.15. The van der Waals surface area contributed by atoms with Crippen molar-refractivity contribution in [3.05, 3.63) is 53.0 Å². The Bertz CT molecular complexity index is 1030. The zero-order valence-corrected chi connectivity index (χ0v) is 16.8. The number of hydrogen-bond acceptors (Lipinski definition) is 7. The molecule has 0 fully saturated rings. The molecule has 3 aromatic rings. The standard InChI is InChI=1S/C21H24N6O2/c1-13-12-18(27(2)3)25-21(22-13)24-15-10-8-14(9-11-15)23-20(28)19-16-6-4-5-7-17(16)29-26-19/h8-12H,4-7H2,1-3H3,(H,23,28)(H,22,24,25). The Balaban J connectivity index is 1.44. The Kier molecular flexibility index (Phi) is 5.16. The predicted octanol–water partition coefficient (Wildman–Crippen LogP) is 3.71. The number of fused-ring (bicyclic) bond motifs is 1. The highest BCUT2D eigenvalue weighted by Gasteiger charge is 2.24. The lowest BCUT2D eigenvalue weighted by atomic mass is 9.96. The Morgan fingerprint density at radius 1 is 1.07 bits per heavy atom. The molecule has 1 aliphatic carbocycles. The number of carbonyl (C=O) groups excluding carboxylic acids is 1. The average molecular weight is 392 g/mol. The molecule has 2 N–H and O–H groups in total. The van der Waals surface area contributed by atoms with Gasteiger partial charge in [0.05, 0.1) is 0 Å². The van der Waals surface area contributed by atoms with Crippen LogP contribution in [0, 0.1) is 6.92 Å². The number of amides is 1. The van der Waals surface area contributed by atoms with E-state index < -0.39 is 0 Å². The van der Waals surface area contributed by atoms with Gasteiger partial charge in [0.25, 0.3) is 5.91 Å². The maximum Gasteiger partial charge on any atom is 0.278 e. The molecule has 2 heterocycles. The second kappa shape index (κ2) is 7.90. The normalized spacial score (nSPS) is 12.9. The van der Waals surface area contributed by atoms with Crippen molar-refractivity contribution in [1.82, 2.24) is 15.1 Å². The van der Waals surface area contributed by atoms with Crippen LogP contribution in [0.4, 0.5) is 23.1 Å². The Labute approximate surface area is 169 Å². The van der Waals surface area contributed by atoms with E-state index in [1.54, 1.807) is 0 Å². The van der Waals surface area contributed by atoms with Gasteiger partial charge < -0.3 is 20.1 Å². The molecule has 0 saturated carbocycles. The number of rotatable bonds is 5. The van der Waals surface area contributed by atoms with E-state index in [4.69, 9.17) is 4.52 Å². The minimum atomic E-state index is -0.241. The van der Waals surface area contributed by atoms with Crippen molar-refractivity contribution in [1.29, 1.82) is 0 Å². The smallest absolute Gasteiger partial charge is 0.278 e. The summed E-state index contributed by atoms with van der Waals surface area (Å²) in [5, 5.41) is 10.1. The van der Waals surface area contributed by atoms with E-state index in [0.29, 0.717) is 17.3 Å². The maximum atomic E-state index is 12.6. The summed E-state index contributed by atoms with van der Waals surface area (Å²) in [6.07, 6.45) is 3.84. The van der Waals surface area contributed by atoms with Crippen molar-refractivity contribution in [2.75, 3.05) is 29.6 Å². The highest BCUT2D eigenvalue weighted by molar-refractivity contribution is 6.04. The number of anilines is 4. The molecule has 1 aliphatic rings. The van der Waals surface area contributed by atoms with Gasteiger partial charge >= 0.3 is 0 Å². The lowest BCUT2D eigenvalue weighted by Gasteiger charge is -2.14. The number of carbonyl (C=O) groups is 1. The zero-order valence-electron chi connectivity index (χ0n) is 16.8. The molecule has 0 radical (unpaired) electrons. The van der Waals surface area contributed by atoms with Gasteiger partial charge in [0.1, 0.15) is 11.6 Å². The number of nitrogens with one attached hydrogen (secondary N) is 2. The summed E-state index contributed by atoms with van der Waals surface area (Å²) in [4.78, 5) is 23.4. The third kappa shape index (κ3) is 4.21. The molecule has 0 bridgehead atoms. The van der Waals surface area contributed by atoms with Crippen LogP contribution in [-0.4, -0.2) is 35.1 Å². The van der Waals surface area contributed by atoms with Crippen LogP contribution in [0.15, 0.2) is 34.9 Å². The molecule has 0 aliphatic heterocycles. The van der Waals surface area contributed by atoms with Gasteiger partial charge in [0.15, 0.2) is 5.69 Å². The third-order valence-electron chi connectivity index (χ3n) is 4.86. The lowest BCUT2D eigenvalue weighted by molar-refractivity contribution is 0.101. The van der Waals surface area contributed by atoms with Gasteiger partial charge in [-0.05, 0) is 50.5 Å². The van der Waals surface area contributed by atoms with Crippen molar-refractivity contribution in [3.8, 4) is 0 Å². The molecule has 150 valence electrons. The fraction of sp³-hybridized carbons (Fsp3) is 0.333. The first-order valence-corrected chi connectivity index (χ1v) is 9.68. The number of benzene rings is 1. The molecule has 2 aromatic heterocycles.